The number of nitrogens with zero attached hydrogens (tertiary/aromatic N) is 1. The molecule has 3 rings (SSSR count). The van der Waals surface area contributed by atoms with Gasteiger partial charge in [-0.25, -0.2) is 4.39 Å². The van der Waals surface area contributed by atoms with Crippen molar-refractivity contribution in [1.29, 1.82) is 0 Å². The van der Waals surface area contributed by atoms with Gasteiger partial charge in [-0.2, -0.15) is 0 Å². The van der Waals surface area contributed by atoms with E-state index in [0.717, 1.165) is 53.8 Å². The van der Waals surface area contributed by atoms with Gasteiger partial charge >= 0.3 is 0 Å². The fourth-order valence-corrected chi connectivity index (χ4v) is 3.61. The molecule has 2 heterocycles. The number of hydrogen-bond acceptors (Lipinski definition) is 2. The molecule has 0 fully saturated rings. The zero-order valence-corrected chi connectivity index (χ0v) is 16.3. The molecule has 0 radical (unpaired) electrons. The minimum absolute atomic E-state index is 0.146. The van der Waals surface area contributed by atoms with Crippen molar-refractivity contribution >= 4 is 16.9 Å². The summed E-state index contributed by atoms with van der Waals surface area (Å²) in [6.07, 6.45) is 9.56. The van der Waals surface area contributed by atoms with Crippen molar-refractivity contribution in [2.24, 2.45) is 0 Å². The first-order chi connectivity index (χ1) is 13.4. The van der Waals surface area contributed by atoms with Gasteiger partial charge in [-0.05, 0) is 79.7 Å². The largest absolute Gasteiger partial charge is 0.347 e. The monoisotopic (exact) mass is 377 g/mol. The van der Waals surface area contributed by atoms with Gasteiger partial charge in [-0.3, -0.25) is 9.59 Å². The number of aryl methyl sites for hydroxylation is 2. The second-order valence-electron chi connectivity index (χ2n) is 7.03. The quantitative estimate of drug-likeness (QED) is 0.533. The van der Waals surface area contributed by atoms with Gasteiger partial charge in [0.1, 0.15) is 5.82 Å². The van der Waals surface area contributed by atoms with Crippen LogP contribution in [0, 0.1) is 12.7 Å². The van der Waals surface area contributed by atoms with Gasteiger partial charge in [0, 0.05) is 24.5 Å². The Morgan fingerprint density at radius 2 is 2.00 bits per heavy atom. The van der Waals surface area contributed by atoms with Crippen LogP contribution in [0.2, 0.25) is 0 Å². The summed E-state index contributed by atoms with van der Waals surface area (Å²) in [6, 6.07) is 6.31. The van der Waals surface area contributed by atoms with Crippen molar-refractivity contribution in [2.45, 2.75) is 39.7 Å². The third-order valence-electron chi connectivity index (χ3n) is 5.15. The Labute approximate surface area is 164 Å². The third-order valence-corrected chi connectivity index (χ3v) is 5.15. The van der Waals surface area contributed by atoms with Crippen LogP contribution < -0.4 is 5.43 Å². The van der Waals surface area contributed by atoms with Gasteiger partial charge < -0.3 is 4.57 Å². The van der Waals surface area contributed by atoms with E-state index in [-0.39, 0.29) is 22.6 Å². The highest BCUT2D eigenvalue weighted by molar-refractivity contribution is 6.04. The molecule has 0 unspecified atom stereocenters. The highest BCUT2D eigenvalue weighted by atomic mass is 19.1. The molecule has 144 valence electrons. The Hall–Kier alpha value is -3.01. The van der Waals surface area contributed by atoms with Crippen molar-refractivity contribution in [2.75, 3.05) is 0 Å². The molecule has 0 saturated carbocycles. The maximum atomic E-state index is 13.8. The minimum Gasteiger partial charge on any atom is -0.347 e. The summed E-state index contributed by atoms with van der Waals surface area (Å²) >= 11 is 0. The SMILES string of the molecule is C=CC(=O)c1cn2c(cc1=O)/C(=C/C(=C/C)c1cc(F)ccc1C)CCCC2. The number of hydrogen-bond donors (Lipinski definition) is 0. The molecule has 1 aromatic heterocycles. The lowest BCUT2D eigenvalue weighted by atomic mass is 9.95. The topological polar surface area (TPSA) is 39.1 Å². The van der Waals surface area contributed by atoms with Crippen molar-refractivity contribution in [3.05, 3.63) is 93.7 Å². The van der Waals surface area contributed by atoms with E-state index < -0.39 is 0 Å². The number of allylic oxidation sites excluding steroid dienone is 5. The molecule has 3 nitrogen and oxygen atoms in total. The summed E-state index contributed by atoms with van der Waals surface area (Å²) < 4.78 is 15.8. The van der Waals surface area contributed by atoms with E-state index in [1.165, 1.54) is 18.2 Å². The van der Waals surface area contributed by atoms with Crippen LogP contribution in [0.3, 0.4) is 0 Å². The predicted molar refractivity (Wildman–Crippen MR) is 112 cm³/mol. The molecule has 2 aromatic rings. The van der Waals surface area contributed by atoms with Crippen LogP contribution in [0.1, 0.15) is 53.4 Å². The van der Waals surface area contributed by atoms with E-state index in [1.807, 2.05) is 30.6 Å². The third kappa shape index (κ3) is 3.96. The van der Waals surface area contributed by atoms with E-state index in [0.29, 0.717) is 0 Å². The maximum Gasteiger partial charge on any atom is 0.193 e. The average molecular weight is 377 g/mol. The summed E-state index contributed by atoms with van der Waals surface area (Å²) in [7, 11) is 0. The number of carbonyl (C=O) groups excluding carboxylic acids is 1. The molecule has 4 heteroatoms. The van der Waals surface area contributed by atoms with E-state index in [1.54, 1.807) is 18.3 Å². The fourth-order valence-electron chi connectivity index (χ4n) is 3.61. The number of halogens is 1. The maximum absolute atomic E-state index is 13.8. The molecule has 28 heavy (non-hydrogen) atoms. The number of carbonyl (C=O) groups is 1. The molecule has 0 atom stereocenters. The Bertz CT molecular complexity index is 1060. The number of ketones is 1. The summed E-state index contributed by atoms with van der Waals surface area (Å²) in [5.41, 5.74) is 4.43. The Balaban J connectivity index is 2.14. The average Bonchev–Trinajstić information content (AvgIpc) is 2.88. The number of pyridine rings is 1. The fraction of sp³-hybridized carbons (Fsp3) is 0.250. The zero-order valence-electron chi connectivity index (χ0n) is 16.3. The summed E-state index contributed by atoms with van der Waals surface area (Å²) in [5.74, 6) is -0.636. The molecule has 1 aromatic carbocycles. The lowest BCUT2D eigenvalue weighted by Gasteiger charge is -2.15. The Kier molecular flexibility index (Phi) is 5.88. The molecule has 1 aliphatic heterocycles. The number of benzene rings is 1. The lowest BCUT2D eigenvalue weighted by Crippen LogP contribution is -2.18. The highest BCUT2D eigenvalue weighted by Crippen LogP contribution is 2.30. The van der Waals surface area contributed by atoms with Crippen LogP contribution >= 0.6 is 0 Å². The van der Waals surface area contributed by atoms with E-state index in [2.05, 4.69) is 6.58 Å². The van der Waals surface area contributed by atoms with Crippen molar-refractivity contribution in [1.82, 2.24) is 4.57 Å². The zero-order chi connectivity index (χ0) is 20.3. The first kappa shape index (κ1) is 19.7. The Morgan fingerprint density at radius 3 is 2.71 bits per heavy atom. The molecule has 1 aliphatic rings. The van der Waals surface area contributed by atoms with Crippen LogP contribution in [-0.4, -0.2) is 10.4 Å². The van der Waals surface area contributed by atoms with Crippen LogP contribution in [0.5, 0.6) is 0 Å². The van der Waals surface area contributed by atoms with E-state index >= 15 is 0 Å². The summed E-state index contributed by atoms with van der Waals surface area (Å²) in [6.45, 7) is 8.10. The molecule has 0 N–H and O–H groups in total. The van der Waals surface area contributed by atoms with E-state index in [9.17, 15) is 14.0 Å². The highest BCUT2D eigenvalue weighted by Gasteiger charge is 2.17. The molecule has 0 spiro atoms. The summed E-state index contributed by atoms with van der Waals surface area (Å²) in [5, 5.41) is 0. The van der Waals surface area contributed by atoms with Gasteiger partial charge in [0.05, 0.1) is 5.56 Å². The van der Waals surface area contributed by atoms with Crippen molar-refractivity contribution < 1.29 is 9.18 Å². The lowest BCUT2D eigenvalue weighted by molar-refractivity contribution is 0.104. The molecular weight excluding hydrogens is 353 g/mol. The first-order valence-electron chi connectivity index (χ1n) is 9.49. The van der Waals surface area contributed by atoms with Crippen LogP contribution in [0.4, 0.5) is 4.39 Å². The van der Waals surface area contributed by atoms with Crippen molar-refractivity contribution in [3.63, 3.8) is 0 Å². The summed E-state index contributed by atoms with van der Waals surface area (Å²) in [4.78, 5) is 24.5. The van der Waals surface area contributed by atoms with Gasteiger partial charge in [-0.15, -0.1) is 0 Å². The molecule has 0 amide bonds. The molecule has 0 bridgehead atoms. The van der Waals surface area contributed by atoms with Gasteiger partial charge in [0.15, 0.2) is 11.2 Å². The van der Waals surface area contributed by atoms with Gasteiger partial charge in [0.2, 0.25) is 0 Å². The normalized spacial score (nSPS) is 15.8. The second kappa shape index (κ2) is 8.34. The number of aromatic nitrogens is 1. The second-order valence-corrected chi connectivity index (χ2v) is 7.03. The minimum atomic E-state index is -0.361. The molecular formula is C24H24FNO2. The van der Waals surface area contributed by atoms with Crippen molar-refractivity contribution in [3.8, 4) is 0 Å². The van der Waals surface area contributed by atoms with Crippen LogP contribution in [-0.2, 0) is 6.54 Å². The van der Waals surface area contributed by atoms with Crippen LogP contribution in [0.25, 0.3) is 11.1 Å². The van der Waals surface area contributed by atoms with E-state index in [4.69, 9.17) is 0 Å². The molecule has 0 saturated heterocycles. The number of rotatable bonds is 4. The first-order valence-corrected chi connectivity index (χ1v) is 9.49. The van der Waals surface area contributed by atoms with Gasteiger partial charge in [-0.1, -0.05) is 18.7 Å². The molecule has 0 aliphatic carbocycles. The smallest absolute Gasteiger partial charge is 0.193 e. The number of fused-ring (bicyclic) bond motifs is 1. The predicted octanol–water partition coefficient (Wildman–Crippen LogP) is 5.34. The van der Waals surface area contributed by atoms with Crippen LogP contribution in [0.15, 0.2) is 60.1 Å². The standard InChI is InChI=1S/C24H24FNO2/c1-4-17(20-13-19(25)10-9-16(20)3)12-18-8-6-7-11-26-15-21(23(27)5-2)24(28)14-22(18)26/h4-5,9-10,12-15H,2,6-8,11H2,1,3H3/b17-4-,18-12+. The Morgan fingerprint density at radius 1 is 1.21 bits per heavy atom. The van der Waals surface area contributed by atoms with Gasteiger partial charge in [0.25, 0.3) is 0 Å².